The summed E-state index contributed by atoms with van der Waals surface area (Å²) in [6.45, 7) is 0. The van der Waals surface area contributed by atoms with Gasteiger partial charge in [-0.1, -0.05) is 0 Å². The van der Waals surface area contributed by atoms with Crippen LogP contribution >= 0.6 is 8.58 Å². The fourth-order valence-electron chi connectivity index (χ4n) is 0.0278. The third-order valence-electron chi connectivity index (χ3n) is 0.136. The lowest BCUT2D eigenvalue weighted by atomic mass is 11.8. The Bertz CT molecular complexity index is 36.9. The van der Waals surface area contributed by atoms with Gasteiger partial charge in [0.1, 0.15) is 12.1 Å². The molecule has 3 heteroatoms. The van der Waals surface area contributed by atoms with Crippen LogP contribution in [0.5, 0.6) is 0 Å². The Labute approximate surface area is 31.3 Å². The topological polar surface area (TPSA) is 34.1 Å². The SMILES string of the molecule is O=CPC=O. The summed E-state index contributed by atoms with van der Waals surface area (Å²) in [6, 6.07) is 1.18. The molecule has 0 amide bonds. The van der Waals surface area contributed by atoms with Gasteiger partial charge in [-0.15, -0.1) is 0 Å². The zero-order valence-electron chi connectivity index (χ0n) is 2.47. The van der Waals surface area contributed by atoms with Crippen molar-refractivity contribution in [2.45, 2.75) is 0 Å². The van der Waals surface area contributed by atoms with E-state index in [0.29, 0.717) is 12.1 Å². The molecule has 5 heavy (non-hydrogen) atoms. The molecule has 0 radical (unpaired) electrons. The molecule has 0 saturated carbocycles. The maximum atomic E-state index is 9.19. The monoisotopic (exact) mass is 90.0 g/mol. The van der Waals surface area contributed by atoms with Gasteiger partial charge in [0.15, 0.2) is 0 Å². The summed E-state index contributed by atoms with van der Waals surface area (Å²) in [5.74, 6) is 0. The fraction of sp³-hybridized carbons (Fsp3) is 0. The molecule has 0 aromatic carbocycles. The van der Waals surface area contributed by atoms with Crippen LogP contribution < -0.4 is 0 Å². The molecule has 0 saturated heterocycles. The van der Waals surface area contributed by atoms with Crippen molar-refractivity contribution in [3.63, 3.8) is 0 Å². The number of hydrogen-bond acceptors (Lipinski definition) is 2. The van der Waals surface area contributed by atoms with Crippen LogP contribution in [0, 0.1) is 0 Å². The van der Waals surface area contributed by atoms with Gasteiger partial charge in [0, 0.05) is 8.58 Å². The first-order valence-corrected chi connectivity index (χ1v) is 2.20. The lowest BCUT2D eigenvalue weighted by molar-refractivity contribution is 0.566. The van der Waals surface area contributed by atoms with Crippen molar-refractivity contribution in [3.05, 3.63) is 0 Å². The van der Waals surface area contributed by atoms with E-state index in [-0.39, 0.29) is 8.58 Å². The van der Waals surface area contributed by atoms with Gasteiger partial charge in [-0.05, 0) is 0 Å². The highest BCUT2D eigenvalue weighted by Gasteiger charge is 1.64. The summed E-state index contributed by atoms with van der Waals surface area (Å²) in [4.78, 5) is 18.4. The van der Waals surface area contributed by atoms with Crippen molar-refractivity contribution < 1.29 is 9.59 Å². The molecule has 0 heterocycles. The van der Waals surface area contributed by atoms with Gasteiger partial charge in [0.25, 0.3) is 0 Å². The average molecular weight is 90.0 g/mol. The van der Waals surface area contributed by atoms with Crippen molar-refractivity contribution >= 4 is 20.6 Å². The Hall–Kier alpha value is -0.230. The third kappa shape index (κ3) is 3.77. The molecule has 0 aromatic heterocycles. The number of hydrogen-bond donors (Lipinski definition) is 0. The largest absolute Gasteiger partial charge is 0.298 e. The van der Waals surface area contributed by atoms with E-state index in [1.165, 1.54) is 0 Å². The normalized spacial score (nSPS) is 6.40. The molecule has 0 atom stereocenters. The first-order chi connectivity index (χ1) is 2.41. The quantitative estimate of drug-likeness (QED) is 0.354. The third-order valence-corrected chi connectivity index (χ3v) is 0.408. The first kappa shape index (κ1) is 4.77. The lowest BCUT2D eigenvalue weighted by Crippen LogP contribution is -1.49. The zero-order valence-corrected chi connectivity index (χ0v) is 3.47. The van der Waals surface area contributed by atoms with E-state index in [0.717, 1.165) is 0 Å². The van der Waals surface area contributed by atoms with Crippen molar-refractivity contribution in [1.29, 1.82) is 0 Å². The van der Waals surface area contributed by atoms with Gasteiger partial charge < -0.3 is 0 Å². The van der Waals surface area contributed by atoms with Crippen molar-refractivity contribution in [2.75, 3.05) is 0 Å². The van der Waals surface area contributed by atoms with Crippen molar-refractivity contribution in [1.82, 2.24) is 0 Å². The highest BCUT2D eigenvalue weighted by Crippen LogP contribution is 1.90. The molecule has 28 valence electrons. The van der Waals surface area contributed by atoms with Crippen molar-refractivity contribution in [3.8, 4) is 0 Å². The second-order valence-electron chi connectivity index (χ2n) is 0.402. The minimum atomic E-state index is -0.164. The Morgan fingerprint density at radius 1 is 1.20 bits per heavy atom. The summed E-state index contributed by atoms with van der Waals surface area (Å²) in [6.07, 6.45) is 0. The number of carbonyl (C=O) groups excluding carboxylic acids is 2. The van der Waals surface area contributed by atoms with E-state index in [4.69, 9.17) is 0 Å². The van der Waals surface area contributed by atoms with Gasteiger partial charge in [0.05, 0.1) is 0 Å². The van der Waals surface area contributed by atoms with Crippen LogP contribution in [0.4, 0.5) is 0 Å². The maximum Gasteiger partial charge on any atom is 0.146 e. The molecule has 0 aliphatic carbocycles. The minimum Gasteiger partial charge on any atom is -0.298 e. The molecule has 0 aliphatic rings. The predicted molar refractivity (Wildman–Crippen MR) is 21.8 cm³/mol. The van der Waals surface area contributed by atoms with Crippen LogP contribution in [0.15, 0.2) is 0 Å². The van der Waals surface area contributed by atoms with Crippen LogP contribution in [0.25, 0.3) is 0 Å². The van der Waals surface area contributed by atoms with E-state index in [2.05, 4.69) is 0 Å². The predicted octanol–water partition coefficient (Wildman–Crippen LogP) is 0.0453. The Morgan fingerprint density at radius 2 is 1.60 bits per heavy atom. The molecule has 0 spiro atoms. The second kappa shape index (κ2) is 3.77. The van der Waals surface area contributed by atoms with E-state index in [9.17, 15) is 9.59 Å². The minimum absolute atomic E-state index is 0.164. The highest BCUT2D eigenvalue weighted by atomic mass is 31.1. The van der Waals surface area contributed by atoms with Gasteiger partial charge in [0.2, 0.25) is 0 Å². The van der Waals surface area contributed by atoms with Gasteiger partial charge >= 0.3 is 0 Å². The van der Waals surface area contributed by atoms with E-state index in [1.807, 2.05) is 0 Å². The average Bonchev–Trinajstić information content (AvgIpc) is 1.41. The lowest BCUT2D eigenvalue weighted by Gasteiger charge is -1.54. The first-order valence-electron chi connectivity index (χ1n) is 1.05. The van der Waals surface area contributed by atoms with Crippen molar-refractivity contribution in [2.24, 2.45) is 0 Å². The van der Waals surface area contributed by atoms with Gasteiger partial charge in [-0.3, -0.25) is 9.59 Å². The Kier molecular flexibility index (Phi) is 3.60. The molecule has 0 bridgehead atoms. The molecular formula is C2H3O2P. The second-order valence-corrected chi connectivity index (χ2v) is 1.21. The van der Waals surface area contributed by atoms with Crippen LogP contribution in [-0.4, -0.2) is 12.1 Å². The maximum absolute atomic E-state index is 9.19. The molecule has 0 fully saturated rings. The molecule has 0 N–H and O–H groups in total. The van der Waals surface area contributed by atoms with E-state index < -0.39 is 0 Å². The molecule has 0 rings (SSSR count). The van der Waals surface area contributed by atoms with Crippen LogP contribution in [0.1, 0.15) is 0 Å². The molecule has 0 aliphatic heterocycles. The molecule has 0 aromatic rings. The number of rotatable bonds is 2. The van der Waals surface area contributed by atoms with Gasteiger partial charge in [-0.25, -0.2) is 0 Å². The Balaban J connectivity index is 2.65. The Morgan fingerprint density at radius 3 is 1.60 bits per heavy atom. The highest BCUT2D eigenvalue weighted by molar-refractivity contribution is 7.69. The summed E-state index contributed by atoms with van der Waals surface area (Å²) in [5, 5.41) is 0. The summed E-state index contributed by atoms with van der Waals surface area (Å²) < 4.78 is 0. The smallest absolute Gasteiger partial charge is 0.146 e. The van der Waals surface area contributed by atoms with Crippen LogP contribution in [0.3, 0.4) is 0 Å². The van der Waals surface area contributed by atoms with E-state index in [1.54, 1.807) is 0 Å². The number of carbonyl (C=O) groups is 2. The fourth-order valence-corrected chi connectivity index (χ4v) is 0.0833. The molecule has 0 unspecified atom stereocenters. The summed E-state index contributed by atoms with van der Waals surface area (Å²) in [5.41, 5.74) is 0. The summed E-state index contributed by atoms with van der Waals surface area (Å²) >= 11 is 0. The van der Waals surface area contributed by atoms with Gasteiger partial charge in [-0.2, -0.15) is 0 Å². The van der Waals surface area contributed by atoms with Crippen LogP contribution in [0.2, 0.25) is 0 Å². The zero-order chi connectivity index (χ0) is 4.12. The summed E-state index contributed by atoms with van der Waals surface area (Å²) in [7, 11) is -0.164. The van der Waals surface area contributed by atoms with E-state index >= 15 is 0 Å². The molecular weight excluding hydrogens is 87.0 g/mol. The van der Waals surface area contributed by atoms with Crippen LogP contribution in [-0.2, 0) is 9.59 Å². The molecule has 2 nitrogen and oxygen atoms in total. The standard InChI is InChI=1S/C2H3O2P/c3-1-5-2-4/h1-2,5H.